The molecule has 8 nitrogen and oxygen atoms in total. The van der Waals surface area contributed by atoms with Crippen molar-refractivity contribution < 1.29 is 9.72 Å². The minimum Gasteiger partial charge on any atom is -0.318 e. The number of carbonyl (C=O) groups excluding carboxylic acids is 1. The third kappa shape index (κ3) is 3.44. The Morgan fingerprint density at radius 2 is 2.10 bits per heavy atom. The van der Waals surface area contributed by atoms with E-state index in [2.05, 4.69) is 15.7 Å². The van der Waals surface area contributed by atoms with Gasteiger partial charge >= 0.3 is 0 Å². The van der Waals surface area contributed by atoms with Crippen LogP contribution in [0.3, 0.4) is 0 Å². The van der Waals surface area contributed by atoms with E-state index in [1.54, 1.807) is 6.07 Å². The number of hydrogen-bond acceptors (Lipinski definition) is 6. The highest BCUT2D eigenvalue weighted by Gasteiger charge is 2.17. The van der Waals surface area contributed by atoms with E-state index in [0.717, 1.165) is 6.07 Å². The number of pyridine rings is 1. The molecule has 0 saturated carbocycles. The zero-order valence-corrected chi connectivity index (χ0v) is 11.3. The van der Waals surface area contributed by atoms with E-state index in [1.165, 1.54) is 24.4 Å². The van der Waals surface area contributed by atoms with E-state index in [9.17, 15) is 14.9 Å². The topological polar surface area (TPSA) is 123 Å². The predicted octanol–water partition coefficient (Wildman–Crippen LogP) is 2.18. The molecule has 1 aromatic carbocycles. The summed E-state index contributed by atoms with van der Waals surface area (Å²) in [5, 5.41) is 13.8. The van der Waals surface area contributed by atoms with Crippen molar-refractivity contribution in [1.29, 1.82) is 0 Å². The Bertz CT molecular complexity index is 690. The normalized spacial score (nSPS) is 10.0. The van der Waals surface area contributed by atoms with E-state index < -0.39 is 10.8 Å². The van der Waals surface area contributed by atoms with Crippen LogP contribution in [0.25, 0.3) is 0 Å². The van der Waals surface area contributed by atoms with Crippen molar-refractivity contribution in [3.05, 3.63) is 57.2 Å². The number of aromatic nitrogens is 1. The lowest BCUT2D eigenvalue weighted by Gasteiger charge is -2.06. The molecular formula is C12H10ClN5O3. The maximum absolute atomic E-state index is 12.0. The first-order valence-corrected chi connectivity index (χ1v) is 6.07. The van der Waals surface area contributed by atoms with Crippen molar-refractivity contribution in [3.8, 4) is 0 Å². The second-order valence-electron chi connectivity index (χ2n) is 3.95. The van der Waals surface area contributed by atoms with Gasteiger partial charge < -0.3 is 10.7 Å². The molecule has 1 amide bonds. The van der Waals surface area contributed by atoms with E-state index in [1.807, 2.05) is 0 Å². The third-order valence-electron chi connectivity index (χ3n) is 2.58. The number of nitrogens with two attached hydrogens (primary N) is 1. The fourth-order valence-electron chi connectivity index (χ4n) is 1.58. The summed E-state index contributed by atoms with van der Waals surface area (Å²) in [6, 6.07) is 6.97. The number of carbonyl (C=O) groups is 1. The highest BCUT2D eigenvalue weighted by atomic mass is 35.5. The number of halogens is 1. The summed E-state index contributed by atoms with van der Waals surface area (Å²) >= 11 is 5.69. The van der Waals surface area contributed by atoms with Gasteiger partial charge in [0.1, 0.15) is 11.5 Å². The average Bonchev–Trinajstić information content (AvgIpc) is 2.48. The maximum atomic E-state index is 12.0. The number of anilines is 2. The number of nitrogen functional groups attached to an aromatic ring is 1. The first-order valence-electron chi connectivity index (χ1n) is 5.69. The Labute approximate surface area is 124 Å². The molecule has 0 radical (unpaired) electrons. The molecule has 2 aromatic rings. The van der Waals surface area contributed by atoms with E-state index in [4.69, 9.17) is 17.4 Å². The lowest BCUT2D eigenvalue weighted by atomic mass is 10.1. The summed E-state index contributed by atoms with van der Waals surface area (Å²) in [6.45, 7) is 0. The molecule has 1 heterocycles. The Morgan fingerprint density at radius 1 is 1.33 bits per heavy atom. The quantitative estimate of drug-likeness (QED) is 0.452. The second kappa shape index (κ2) is 6.16. The van der Waals surface area contributed by atoms with Crippen molar-refractivity contribution in [2.24, 2.45) is 5.84 Å². The molecule has 0 aliphatic heterocycles. The Balaban J connectivity index is 2.25. The van der Waals surface area contributed by atoms with Crippen LogP contribution in [-0.2, 0) is 0 Å². The number of hydrogen-bond donors (Lipinski definition) is 3. The van der Waals surface area contributed by atoms with Crippen LogP contribution < -0.4 is 16.6 Å². The number of nitrogens with one attached hydrogen (secondary N) is 2. The van der Waals surface area contributed by atoms with E-state index in [0.29, 0.717) is 5.02 Å². The predicted molar refractivity (Wildman–Crippen MR) is 78.1 cm³/mol. The highest BCUT2D eigenvalue weighted by Crippen LogP contribution is 2.25. The van der Waals surface area contributed by atoms with Gasteiger partial charge in [-0.1, -0.05) is 11.6 Å². The molecule has 9 heteroatoms. The Kier molecular flexibility index (Phi) is 4.31. The fraction of sp³-hybridized carbons (Fsp3) is 0. The van der Waals surface area contributed by atoms with Crippen LogP contribution in [0.15, 0.2) is 36.5 Å². The third-order valence-corrected chi connectivity index (χ3v) is 2.80. The molecule has 0 fully saturated rings. The number of nitrogens with zero attached hydrogens (tertiary/aromatic N) is 2. The van der Waals surface area contributed by atoms with Crippen molar-refractivity contribution in [2.75, 3.05) is 10.7 Å². The summed E-state index contributed by atoms with van der Waals surface area (Å²) in [5.41, 5.74) is 2.12. The van der Waals surface area contributed by atoms with Gasteiger partial charge in [0.05, 0.1) is 9.95 Å². The number of benzene rings is 1. The summed E-state index contributed by atoms with van der Waals surface area (Å²) in [6.07, 6.45) is 1.38. The van der Waals surface area contributed by atoms with E-state index in [-0.39, 0.29) is 22.8 Å². The molecule has 4 N–H and O–H groups in total. The smallest absolute Gasteiger partial charge is 0.294 e. The van der Waals surface area contributed by atoms with Crippen molar-refractivity contribution >= 4 is 34.7 Å². The first-order chi connectivity index (χ1) is 10.0. The minimum absolute atomic E-state index is 0.109. The van der Waals surface area contributed by atoms with Gasteiger partial charge in [-0.15, -0.1) is 0 Å². The fourth-order valence-corrected chi connectivity index (χ4v) is 1.70. The summed E-state index contributed by atoms with van der Waals surface area (Å²) < 4.78 is 0. The van der Waals surface area contributed by atoms with Gasteiger partial charge in [0, 0.05) is 17.8 Å². The molecular weight excluding hydrogens is 298 g/mol. The van der Waals surface area contributed by atoms with Gasteiger partial charge in [0.2, 0.25) is 0 Å². The van der Waals surface area contributed by atoms with Gasteiger partial charge in [0.25, 0.3) is 11.6 Å². The van der Waals surface area contributed by atoms with Crippen LogP contribution in [0.1, 0.15) is 10.4 Å². The molecule has 0 aliphatic carbocycles. The molecule has 21 heavy (non-hydrogen) atoms. The molecule has 2 rings (SSSR count). The standard InChI is InChI=1S/C12H10ClN5O3/c13-8-2-4-11(15-6-8)16-12(19)7-1-3-9(17-14)10(5-7)18(20)21/h1-6,17H,14H2,(H,15,16,19). The molecule has 108 valence electrons. The van der Waals surface area contributed by atoms with Crippen LogP contribution in [0.4, 0.5) is 17.2 Å². The SMILES string of the molecule is NNc1ccc(C(=O)Nc2ccc(Cl)cn2)cc1[N+](=O)[O-]. The first kappa shape index (κ1) is 14.7. The minimum atomic E-state index is -0.632. The van der Waals surface area contributed by atoms with Crippen molar-refractivity contribution in [1.82, 2.24) is 4.98 Å². The van der Waals surface area contributed by atoms with Gasteiger partial charge in [-0.2, -0.15) is 0 Å². The molecule has 0 saturated heterocycles. The Morgan fingerprint density at radius 3 is 2.67 bits per heavy atom. The number of rotatable bonds is 4. The van der Waals surface area contributed by atoms with Gasteiger partial charge in [-0.05, 0) is 24.3 Å². The molecule has 0 unspecified atom stereocenters. The number of nitro benzene ring substituents is 1. The zero-order chi connectivity index (χ0) is 15.4. The number of nitro groups is 1. The van der Waals surface area contributed by atoms with Crippen LogP contribution >= 0.6 is 11.6 Å². The van der Waals surface area contributed by atoms with Crippen LogP contribution in [0.5, 0.6) is 0 Å². The zero-order valence-electron chi connectivity index (χ0n) is 10.5. The number of amides is 1. The van der Waals surface area contributed by atoms with Crippen LogP contribution in [0, 0.1) is 10.1 Å². The summed E-state index contributed by atoms with van der Waals surface area (Å²) in [7, 11) is 0. The van der Waals surface area contributed by atoms with Gasteiger partial charge in [-0.3, -0.25) is 20.8 Å². The Hall–Kier alpha value is -2.71. The summed E-state index contributed by atoms with van der Waals surface area (Å²) in [4.78, 5) is 26.2. The van der Waals surface area contributed by atoms with Gasteiger partial charge in [0.15, 0.2) is 0 Å². The molecule has 1 aromatic heterocycles. The largest absolute Gasteiger partial charge is 0.318 e. The molecule has 0 bridgehead atoms. The van der Waals surface area contributed by atoms with Crippen molar-refractivity contribution in [2.45, 2.75) is 0 Å². The lowest BCUT2D eigenvalue weighted by molar-refractivity contribution is -0.384. The summed E-state index contributed by atoms with van der Waals surface area (Å²) in [5.74, 6) is 4.93. The van der Waals surface area contributed by atoms with Crippen LogP contribution in [-0.4, -0.2) is 15.8 Å². The lowest BCUT2D eigenvalue weighted by Crippen LogP contribution is -2.14. The second-order valence-corrected chi connectivity index (χ2v) is 4.39. The average molecular weight is 308 g/mol. The monoisotopic (exact) mass is 307 g/mol. The van der Waals surface area contributed by atoms with Crippen molar-refractivity contribution in [3.63, 3.8) is 0 Å². The van der Waals surface area contributed by atoms with Crippen LogP contribution in [0.2, 0.25) is 5.02 Å². The number of hydrazine groups is 1. The maximum Gasteiger partial charge on any atom is 0.294 e. The van der Waals surface area contributed by atoms with E-state index >= 15 is 0 Å². The molecule has 0 aliphatic rings. The highest BCUT2D eigenvalue weighted by molar-refractivity contribution is 6.30. The van der Waals surface area contributed by atoms with Gasteiger partial charge in [-0.25, -0.2) is 4.98 Å². The molecule has 0 atom stereocenters. The molecule has 0 spiro atoms.